The van der Waals surface area contributed by atoms with Crippen molar-refractivity contribution in [2.45, 2.75) is 283 Å². The quantitative estimate of drug-likeness (QED) is 0.0157. The summed E-state index contributed by atoms with van der Waals surface area (Å²) >= 11 is 5.25. The zero-order chi connectivity index (χ0) is 112. The summed E-state index contributed by atoms with van der Waals surface area (Å²) in [5.74, 6) is -4.90. The molecule has 0 amide bonds. The minimum absolute atomic E-state index is 0. The molecule has 0 bridgehead atoms. The molecule has 67 heteroatoms. The number of aliphatic hydroxyl groups is 4. The van der Waals surface area contributed by atoms with Gasteiger partial charge in [0.1, 0.15) is 90.9 Å². The van der Waals surface area contributed by atoms with E-state index >= 15 is 0 Å². The van der Waals surface area contributed by atoms with Crippen LogP contribution in [0, 0.1) is 6.92 Å². The monoisotopic (exact) mass is 2400 g/mol. The van der Waals surface area contributed by atoms with Crippen LogP contribution in [-0.4, -0.2) is 382 Å². The summed E-state index contributed by atoms with van der Waals surface area (Å²) in [5, 5.41) is 42.7. The first kappa shape index (κ1) is 139. The van der Waals surface area contributed by atoms with E-state index in [2.05, 4.69) is 49.2 Å². The summed E-state index contributed by atoms with van der Waals surface area (Å²) in [6, 6.07) is 9.45. The maximum atomic E-state index is 13.8. The molecule has 1 aromatic carbocycles. The normalized spacial score (nSPS) is 27.4. The number of aromatic nitrogens is 4. The van der Waals surface area contributed by atoms with E-state index in [4.69, 9.17) is 91.2 Å². The summed E-state index contributed by atoms with van der Waals surface area (Å²) in [6.07, 6.45) is -8.24. The molecule has 8 fully saturated rings. The van der Waals surface area contributed by atoms with Crippen LogP contribution in [0.4, 0.5) is 5.95 Å². The van der Waals surface area contributed by atoms with Gasteiger partial charge in [0.2, 0.25) is 15.0 Å². The van der Waals surface area contributed by atoms with E-state index in [0.29, 0.717) is 19.9 Å². The molecule has 6 N–H and O–H groups in total. The number of unbranched alkanes of at least 4 members (excludes halogenated alkanes) is 1. The molecule has 2 aromatic heterocycles. The number of fused-ring (bicyclic) bond motifs is 5. The third kappa shape index (κ3) is 47.9. The standard InChI is InChI=1S/C34H46N6O12S2.C14H27O9PS2.C11H26O10P2S2.C9H16O5.C4H10ClO3P.C4H9.C3H8O4S2.CH3ClO2S.Li/c1-19-25-27(51-33(2,3)49-25)24(41)22(47-19)15-54(45,46)18-53(43,44)13-12-21-26-28(52-34(4,5)50-26)31(48-21)40-17-37-23-29(40)38-32(36-16-35-6)39(30(23)42)14-20-10-8-7-9-11-20;1-9-12-13(23-14(2,3)22-12)11(15)10(21-9)6-25(17,18)8-26(19,20)7-24(4,5)16;1-5-18-22(12,19-6-2)9-24(14,15)11-25(16,17)10-23(13,20-7-3)21-8-4;1-4-6-7(5(10)8(11)12-4)14-9(2,3)13-6;1-3-7-9(5,6)8-4-2;1-3-4-2;1-8(4,5)3-9(2,6)7;1-5(2,3)4;/h7-13,17,19,21-22,24-28,31,35,41H,14-16,18H2,1-6H3,(H,36,38);9-13,15H,6-8H2,1-5H3;5-11H2,1-4H3;4-8,10-11H,1-3H3;3-4H2,1-2H3;1,3-4H2,2H3;3H2,1-2H3;1H3;/q;;;;;-1;;;+1/b13-12+;;;;;;;;. The Morgan fingerprint density at radius 1 is 0.503 bits per heavy atom. The number of sulfone groups is 8. The van der Waals surface area contributed by atoms with Crippen LogP contribution in [0.5, 0.6) is 0 Å². The van der Waals surface area contributed by atoms with E-state index in [1.807, 2.05) is 30.3 Å². The molecular formula is C80H145Cl2LiN6O45P4S9. The number of benzene rings is 1. The molecular weight excluding hydrogens is 2260 g/mol. The van der Waals surface area contributed by atoms with Crippen molar-refractivity contribution in [1.29, 1.82) is 0 Å². The van der Waals surface area contributed by atoms with Crippen molar-refractivity contribution < 1.29 is 217 Å². The number of rotatable bonds is 39. The second kappa shape index (κ2) is 57.0. The van der Waals surface area contributed by atoms with E-state index < -0.39 is 298 Å². The number of nitrogens with one attached hydrogen (secondary N) is 2. The summed E-state index contributed by atoms with van der Waals surface area (Å²) in [4.78, 5) is 23.0. The minimum Gasteiger partial charge on any atom is -0.388 e. The van der Waals surface area contributed by atoms with Gasteiger partial charge in [0.15, 0.2) is 157 Å². The molecule has 19 unspecified atom stereocenters. The van der Waals surface area contributed by atoms with E-state index in [-0.39, 0.29) is 81.2 Å². The van der Waals surface area contributed by atoms with Gasteiger partial charge in [-0.25, -0.2) is 85.3 Å². The zero-order valence-corrected chi connectivity index (χ0v) is 99.2. The molecule has 8 saturated heterocycles. The molecule has 51 nitrogen and oxygen atoms in total. The molecule has 11 rings (SSSR count). The first-order valence-corrected chi connectivity index (χ1v) is 71.7. The summed E-state index contributed by atoms with van der Waals surface area (Å²) in [7, 11) is -40.2. The maximum Gasteiger partial charge on any atom is 1.00 e. The van der Waals surface area contributed by atoms with Crippen LogP contribution in [0.3, 0.4) is 0 Å². The van der Waals surface area contributed by atoms with Crippen LogP contribution in [0.1, 0.15) is 149 Å². The Morgan fingerprint density at radius 3 is 1.22 bits per heavy atom. The van der Waals surface area contributed by atoms with Gasteiger partial charge in [0.05, 0.1) is 102 Å². The van der Waals surface area contributed by atoms with Crippen molar-refractivity contribution in [1.82, 2.24) is 24.4 Å². The van der Waals surface area contributed by atoms with Gasteiger partial charge in [-0.15, -0.1) is 0 Å². The SMILES string of the molecule is CC1OC(CS(=O)(=O)CS(=O)(=O)CP(C)(C)=O)C(O)C2OC(C)(C)OC12.CC1OC(O)C(O)C2OC(C)(C)OC12.CCOP(=O)(CS(=O)(=O)CS(=O)(=O)CP(=O)(OCC)OCC)OCC.CCOP(=O)(Cl)OCC.CNCNc1nc2c(ncn2C2OC(/C=C/S(=O)(=O)CS(=O)(=O)CC3OC(C)C4OC(C)(C)OC4C3O)C3OC(C)(C)OC32)c(=O)n1Cc1ccccc1.CS(=O)(=O)CS(C)(=O)=O.CS(=O)(=O)Cl.[CH2-]CCC.[Li+]. The predicted molar refractivity (Wildman–Crippen MR) is 542 cm³/mol. The smallest absolute Gasteiger partial charge is 0.388 e. The van der Waals surface area contributed by atoms with E-state index in [9.17, 15) is 119 Å². The zero-order valence-electron chi connectivity index (χ0n) is 86.8. The Hall–Kier alpha value is -2.16. The molecule has 19 atom stereocenters. The molecule has 0 spiro atoms. The Morgan fingerprint density at radius 2 is 0.857 bits per heavy atom. The fourth-order valence-electron chi connectivity index (χ4n) is 15.3. The topological polar surface area (TPSA) is 699 Å². The van der Waals surface area contributed by atoms with Crippen LogP contribution in [0.25, 0.3) is 11.2 Å². The molecule has 10 heterocycles. The molecule has 8 aliphatic rings. The van der Waals surface area contributed by atoms with Crippen molar-refractivity contribution in [2.75, 3.05) is 139 Å². The van der Waals surface area contributed by atoms with Crippen LogP contribution in [0.15, 0.2) is 52.9 Å². The van der Waals surface area contributed by atoms with Gasteiger partial charge < -0.3 is 117 Å². The molecule has 854 valence electrons. The van der Waals surface area contributed by atoms with Crippen molar-refractivity contribution in [2.24, 2.45) is 0 Å². The third-order valence-electron chi connectivity index (χ3n) is 19.9. The van der Waals surface area contributed by atoms with Crippen molar-refractivity contribution >= 4 is 156 Å². The average molecular weight is 2400 g/mol. The first-order valence-electron chi connectivity index (χ1n) is 45.4. The molecule has 147 heavy (non-hydrogen) atoms. The number of ether oxygens (including phenoxy) is 12. The molecule has 0 aliphatic carbocycles. The summed E-state index contributed by atoms with van der Waals surface area (Å²) in [6.45, 7) is 34.2. The minimum atomic E-state index is -4.39. The van der Waals surface area contributed by atoms with Crippen molar-refractivity contribution in [3.8, 4) is 0 Å². The number of hydrogen-bond acceptors (Lipinski definition) is 49. The predicted octanol–water partition coefficient (Wildman–Crippen LogP) is 2.71. The van der Waals surface area contributed by atoms with Gasteiger partial charge in [-0.2, -0.15) is 11.4 Å². The van der Waals surface area contributed by atoms with Gasteiger partial charge >= 0.3 is 41.0 Å². The number of aliphatic hydroxyl groups excluding tert-OH is 4. The van der Waals surface area contributed by atoms with Crippen LogP contribution in [0.2, 0.25) is 0 Å². The molecule has 8 aliphatic heterocycles. The second-order valence-electron chi connectivity index (χ2n) is 36.6. The third-order valence-corrected chi connectivity index (χ3v) is 48.2. The molecule has 0 radical (unpaired) electrons. The van der Waals surface area contributed by atoms with Crippen molar-refractivity contribution in [3.63, 3.8) is 0 Å². The Kier molecular flexibility index (Phi) is 53.9. The van der Waals surface area contributed by atoms with Gasteiger partial charge in [-0.05, 0) is 150 Å². The number of imidazole rings is 1. The van der Waals surface area contributed by atoms with Crippen LogP contribution in [-0.2, 0) is 197 Å². The van der Waals surface area contributed by atoms with Gasteiger partial charge in [0, 0.05) is 39.8 Å². The maximum absolute atomic E-state index is 13.8. The average Bonchev–Trinajstić information content (AvgIpc) is 1.58. The van der Waals surface area contributed by atoms with Crippen molar-refractivity contribution in [3.05, 3.63) is 71.0 Å². The number of hydrogen-bond donors (Lipinski definition) is 6. The van der Waals surface area contributed by atoms with Crippen LogP contribution >= 0.6 is 51.2 Å². The molecule has 3 aromatic rings. The molecule has 0 saturated carbocycles. The van der Waals surface area contributed by atoms with Gasteiger partial charge in [-0.1, -0.05) is 43.7 Å². The Bertz CT molecular complexity index is 6030. The van der Waals surface area contributed by atoms with E-state index in [1.165, 1.54) is 64.4 Å². The fraction of sp³-hybridized carbons (Fsp3) is 0.825. The van der Waals surface area contributed by atoms with E-state index in [0.717, 1.165) is 36.2 Å². The number of halogens is 2. The second-order valence-corrected chi connectivity index (χ2v) is 69.1. The summed E-state index contributed by atoms with van der Waals surface area (Å²) < 4.78 is 358. The number of anilines is 1. The number of nitrogens with zero attached hydrogens (tertiary/aromatic N) is 4. The largest absolute Gasteiger partial charge is 1.00 e. The summed E-state index contributed by atoms with van der Waals surface area (Å²) in [5.41, 5.74) is -2.08. The Labute approximate surface area is 884 Å². The van der Waals surface area contributed by atoms with Crippen LogP contribution < -0.4 is 35.1 Å². The Balaban J connectivity index is 0.000000500. The first-order chi connectivity index (χ1) is 66.4. The van der Waals surface area contributed by atoms with E-state index in [1.54, 1.807) is 102 Å². The van der Waals surface area contributed by atoms with Gasteiger partial charge in [0.25, 0.3) is 5.56 Å². The fourth-order valence-corrected chi connectivity index (χ4v) is 42.5. The van der Waals surface area contributed by atoms with Gasteiger partial charge in [-0.3, -0.25) is 32.1 Å².